The first-order chi connectivity index (χ1) is 15.6. The molecule has 0 saturated carbocycles. The molecule has 3 saturated heterocycles. The van der Waals surface area contributed by atoms with Crippen molar-refractivity contribution in [2.45, 2.75) is 99.9 Å². The fourth-order valence-electron chi connectivity index (χ4n) is 5.85. The molecule has 1 spiro atoms. The van der Waals surface area contributed by atoms with Crippen LogP contribution in [-0.2, 0) is 18.6 Å². The van der Waals surface area contributed by atoms with E-state index in [0.29, 0.717) is 32.1 Å². The number of aliphatic imine (C=N–C) groups is 1. The number of rotatable bonds is 3. The Kier molecular flexibility index (Phi) is 7.04. The number of amidine groups is 1. The van der Waals surface area contributed by atoms with E-state index < -0.39 is 43.5 Å². The van der Waals surface area contributed by atoms with Gasteiger partial charge >= 0.3 is 0 Å². The topological polar surface area (TPSA) is 190 Å². The molecule has 7 unspecified atom stereocenters. The molecule has 0 radical (unpaired) electrons. The van der Waals surface area contributed by atoms with Gasteiger partial charge in [0.25, 0.3) is 0 Å². The van der Waals surface area contributed by atoms with Gasteiger partial charge in [-0.15, -0.1) is 0 Å². The van der Waals surface area contributed by atoms with Crippen LogP contribution in [0, 0.1) is 5.92 Å². The highest BCUT2D eigenvalue weighted by molar-refractivity contribution is 7.43. The minimum Gasteiger partial charge on any atom is -0.790 e. The third-order valence-corrected chi connectivity index (χ3v) is 8.00. The predicted molar refractivity (Wildman–Crippen MR) is 113 cm³/mol. The van der Waals surface area contributed by atoms with Crippen molar-refractivity contribution in [3.8, 4) is 0 Å². The molecule has 4 aliphatic rings. The third kappa shape index (κ3) is 4.91. The van der Waals surface area contributed by atoms with Crippen molar-refractivity contribution in [1.82, 2.24) is 5.32 Å². The summed E-state index contributed by atoms with van der Waals surface area (Å²) in [5, 5.41) is 24.4. The lowest BCUT2D eigenvalue weighted by atomic mass is 9.71. The lowest BCUT2D eigenvalue weighted by molar-refractivity contribution is -0.354. The van der Waals surface area contributed by atoms with Gasteiger partial charge < -0.3 is 44.9 Å². The number of amides is 1. The predicted octanol–water partition coefficient (Wildman–Crippen LogP) is -0.656. The molecule has 5 N–H and O–H groups in total. The van der Waals surface area contributed by atoms with Crippen LogP contribution in [0.2, 0.25) is 0 Å². The first-order valence-electron chi connectivity index (χ1n) is 11.6. The zero-order chi connectivity index (χ0) is 23.9. The van der Waals surface area contributed by atoms with E-state index in [4.69, 9.17) is 10.5 Å². The van der Waals surface area contributed by atoms with E-state index in [2.05, 4.69) is 14.8 Å². The Morgan fingerprint density at radius 3 is 2.48 bits per heavy atom. The first kappa shape index (κ1) is 24.8. The minimum absolute atomic E-state index is 0.244. The lowest BCUT2D eigenvalue weighted by Crippen LogP contribution is -2.65. The molecule has 4 aliphatic heterocycles. The van der Waals surface area contributed by atoms with Gasteiger partial charge in [0, 0.05) is 5.92 Å². The highest BCUT2D eigenvalue weighted by Crippen LogP contribution is 2.46. The van der Waals surface area contributed by atoms with E-state index >= 15 is 0 Å². The number of phosphoric acid groups is 1. The number of ether oxygens (including phenoxy) is 1. The smallest absolute Gasteiger partial charge is 0.248 e. The molecular formula is C21H32N3O8P-2. The second-order valence-electron chi connectivity index (χ2n) is 9.65. The molecular weight excluding hydrogens is 453 g/mol. The summed E-state index contributed by atoms with van der Waals surface area (Å²) in [5.41, 5.74) is 3.90. The van der Waals surface area contributed by atoms with Gasteiger partial charge in [0.15, 0.2) is 6.29 Å². The Morgan fingerprint density at radius 1 is 1.12 bits per heavy atom. The summed E-state index contributed by atoms with van der Waals surface area (Å²) in [6.45, 7) is 0. The molecule has 0 aromatic carbocycles. The maximum absolute atomic E-state index is 13.7. The highest BCUT2D eigenvalue weighted by Gasteiger charge is 2.60. The number of nitrogens with zero attached hydrogens (tertiary/aromatic N) is 1. The number of nitrogens with two attached hydrogens (primary N) is 1. The standard InChI is InChI=1S/C21H34N3O8P/c22-14-8-7-13-9-12-20(23-14)10-5-3-1-2-4-6-11-21(13,24-19(20)27)17-15(25)16(26)18(31-17)32-33(28,29)30/h7-8,13,15-18,25-26H,1-6,9-12H2,(H2,22,23)(H,24,27)(H2,28,29,30)/p-2. The number of carbonyl (C=O) groups excluding carboxylic acids is 1. The molecule has 11 nitrogen and oxygen atoms in total. The van der Waals surface area contributed by atoms with Crippen LogP contribution in [0.1, 0.15) is 64.2 Å². The molecule has 3 fully saturated rings. The number of carbonyl (C=O) groups is 1. The van der Waals surface area contributed by atoms with Gasteiger partial charge in [-0.05, 0) is 31.8 Å². The van der Waals surface area contributed by atoms with Gasteiger partial charge in [0.2, 0.25) is 5.91 Å². The van der Waals surface area contributed by atoms with Crippen molar-refractivity contribution in [3.63, 3.8) is 0 Å². The normalized spacial score (nSPS) is 42.5. The van der Waals surface area contributed by atoms with Gasteiger partial charge in [-0.25, -0.2) is 0 Å². The van der Waals surface area contributed by atoms with Crippen LogP contribution in [0.15, 0.2) is 17.1 Å². The number of aliphatic hydroxyl groups excluding tert-OH is 2. The summed E-state index contributed by atoms with van der Waals surface area (Å²) in [5.74, 6) is -0.423. The Morgan fingerprint density at radius 2 is 1.79 bits per heavy atom. The van der Waals surface area contributed by atoms with E-state index in [-0.39, 0.29) is 17.7 Å². The monoisotopic (exact) mass is 485 g/mol. The molecule has 4 heterocycles. The number of fused-ring (bicyclic) bond motifs is 5. The number of hydrogen-bond acceptors (Lipinski definition) is 10. The van der Waals surface area contributed by atoms with Crippen molar-refractivity contribution >= 4 is 19.6 Å². The maximum Gasteiger partial charge on any atom is 0.248 e. The average molecular weight is 485 g/mol. The molecule has 4 rings (SSSR count). The summed E-state index contributed by atoms with van der Waals surface area (Å²) in [6, 6.07) is 0. The van der Waals surface area contributed by atoms with Gasteiger partial charge in [0.1, 0.15) is 29.7 Å². The van der Waals surface area contributed by atoms with E-state index in [1.54, 1.807) is 6.08 Å². The van der Waals surface area contributed by atoms with Gasteiger partial charge in [-0.2, -0.15) is 0 Å². The van der Waals surface area contributed by atoms with Gasteiger partial charge in [-0.1, -0.05) is 44.6 Å². The summed E-state index contributed by atoms with van der Waals surface area (Å²) >= 11 is 0. The van der Waals surface area contributed by atoms with Crippen molar-refractivity contribution < 1.29 is 38.6 Å². The average Bonchev–Trinajstić information content (AvgIpc) is 2.95. The number of nitrogens with one attached hydrogen (secondary N) is 1. The molecule has 3 bridgehead atoms. The van der Waals surface area contributed by atoms with E-state index in [9.17, 15) is 29.4 Å². The SMILES string of the molecule is NC1=NC23CCCCCCCCC(C4OC(OP(=O)([O-])[O-])C(O)C4O)(NC2=O)C(C=C1)CC3. The van der Waals surface area contributed by atoms with Crippen LogP contribution in [0.4, 0.5) is 0 Å². The molecule has 12 heteroatoms. The molecule has 33 heavy (non-hydrogen) atoms. The Bertz CT molecular complexity index is 862. The zero-order valence-electron chi connectivity index (χ0n) is 18.4. The van der Waals surface area contributed by atoms with E-state index in [1.807, 2.05) is 6.08 Å². The van der Waals surface area contributed by atoms with Crippen molar-refractivity contribution in [3.05, 3.63) is 12.2 Å². The quantitative estimate of drug-likeness (QED) is 0.376. The Hall–Kier alpha value is -1.33. The summed E-state index contributed by atoms with van der Waals surface area (Å²) in [6.07, 6.45) is 4.49. The molecule has 0 aromatic heterocycles. The highest BCUT2D eigenvalue weighted by atomic mass is 31.2. The van der Waals surface area contributed by atoms with Crippen molar-refractivity contribution in [1.29, 1.82) is 0 Å². The number of phosphoric ester groups is 1. The second kappa shape index (κ2) is 9.37. The van der Waals surface area contributed by atoms with Crippen LogP contribution in [-0.4, -0.2) is 57.6 Å². The number of aliphatic hydroxyl groups is 2. The van der Waals surface area contributed by atoms with Crippen molar-refractivity contribution in [2.75, 3.05) is 0 Å². The van der Waals surface area contributed by atoms with Gasteiger partial charge in [0.05, 0.1) is 13.4 Å². The van der Waals surface area contributed by atoms with Crippen molar-refractivity contribution in [2.24, 2.45) is 16.6 Å². The van der Waals surface area contributed by atoms with Crippen LogP contribution in [0.25, 0.3) is 0 Å². The van der Waals surface area contributed by atoms with Crippen LogP contribution in [0.5, 0.6) is 0 Å². The largest absolute Gasteiger partial charge is 0.790 e. The molecule has 186 valence electrons. The first-order valence-corrected chi connectivity index (χ1v) is 13.1. The van der Waals surface area contributed by atoms with Gasteiger partial charge in [-0.3, -0.25) is 9.79 Å². The van der Waals surface area contributed by atoms with E-state index in [1.165, 1.54) is 0 Å². The summed E-state index contributed by atoms with van der Waals surface area (Å²) in [4.78, 5) is 40.7. The molecule has 1 amide bonds. The second-order valence-corrected chi connectivity index (χ2v) is 10.8. The Balaban J connectivity index is 1.77. The van der Waals surface area contributed by atoms with E-state index in [0.717, 1.165) is 32.1 Å². The summed E-state index contributed by atoms with van der Waals surface area (Å²) in [7, 11) is -5.49. The molecule has 7 atom stereocenters. The fraction of sp³-hybridized carbons (Fsp3) is 0.810. The maximum atomic E-state index is 13.7. The fourth-order valence-corrected chi connectivity index (χ4v) is 6.28. The van der Waals surface area contributed by atoms with Crippen LogP contribution in [0.3, 0.4) is 0 Å². The molecule has 0 aromatic rings. The third-order valence-electron chi connectivity index (χ3n) is 7.53. The lowest BCUT2D eigenvalue weighted by Gasteiger charge is -2.44. The number of hydrogen-bond donors (Lipinski definition) is 4. The van der Waals surface area contributed by atoms with Crippen LogP contribution < -0.4 is 20.8 Å². The van der Waals surface area contributed by atoms with Crippen LogP contribution >= 0.6 is 7.82 Å². The zero-order valence-corrected chi connectivity index (χ0v) is 19.3. The summed E-state index contributed by atoms with van der Waals surface area (Å²) < 4.78 is 21.2. The minimum atomic E-state index is -5.49. The Labute approximate surface area is 192 Å². The molecule has 0 aliphatic carbocycles.